The Balaban J connectivity index is 1.33. The van der Waals surface area contributed by atoms with E-state index in [0.29, 0.717) is 12.6 Å². The molecular weight excluding hydrogens is 398 g/mol. The first-order valence-corrected chi connectivity index (χ1v) is 11.5. The molecule has 3 heterocycles. The summed E-state index contributed by atoms with van der Waals surface area (Å²) in [6.45, 7) is 8.34. The number of nitrogens with one attached hydrogen (secondary N) is 2. The summed E-state index contributed by atoms with van der Waals surface area (Å²) in [5, 5.41) is 7.01. The zero-order valence-corrected chi connectivity index (χ0v) is 19.0. The first kappa shape index (κ1) is 21.9. The Morgan fingerprint density at radius 1 is 1.09 bits per heavy atom. The van der Waals surface area contributed by atoms with E-state index in [-0.39, 0.29) is 0 Å². The van der Waals surface area contributed by atoms with Gasteiger partial charge in [-0.2, -0.15) is 0 Å². The van der Waals surface area contributed by atoms with Gasteiger partial charge in [0.2, 0.25) is 0 Å². The molecule has 0 spiro atoms. The van der Waals surface area contributed by atoms with E-state index >= 15 is 0 Å². The van der Waals surface area contributed by atoms with E-state index in [0.717, 1.165) is 56.6 Å². The third-order valence-electron chi connectivity index (χ3n) is 5.78. The van der Waals surface area contributed by atoms with Gasteiger partial charge in [0, 0.05) is 50.8 Å². The molecule has 32 heavy (non-hydrogen) atoms. The van der Waals surface area contributed by atoms with Crippen molar-refractivity contribution in [3.8, 4) is 0 Å². The van der Waals surface area contributed by atoms with Gasteiger partial charge >= 0.3 is 0 Å². The van der Waals surface area contributed by atoms with Crippen molar-refractivity contribution in [3.63, 3.8) is 0 Å². The van der Waals surface area contributed by atoms with Gasteiger partial charge in [-0.3, -0.25) is 0 Å². The van der Waals surface area contributed by atoms with Gasteiger partial charge in [0.05, 0.1) is 0 Å². The number of nitrogens with zero attached hydrogens (tertiary/aromatic N) is 5. The normalized spacial score (nSPS) is 15.1. The maximum absolute atomic E-state index is 4.82. The largest absolute Gasteiger partial charge is 0.357 e. The summed E-state index contributed by atoms with van der Waals surface area (Å²) in [4.78, 5) is 16.3. The van der Waals surface area contributed by atoms with Crippen molar-refractivity contribution in [3.05, 3.63) is 78.0 Å². The highest BCUT2D eigenvalue weighted by molar-refractivity contribution is 5.80. The number of rotatable bonds is 7. The van der Waals surface area contributed by atoms with Crippen LogP contribution in [0.1, 0.15) is 36.7 Å². The summed E-state index contributed by atoms with van der Waals surface area (Å²) >= 11 is 0. The minimum atomic E-state index is 0.401. The first-order valence-electron chi connectivity index (χ1n) is 11.5. The average molecular weight is 432 g/mol. The second-order valence-electron chi connectivity index (χ2n) is 8.25. The van der Waals surface area contributed by atoms with Crippen molar-refractivity contribution in [2.75, 3.05) is 24.5 Å². The van der Waals surface area contributed by atoms with Crippen LogP contribution in [0.3, 0.4) is 0 Å². The minimum Gasteiger partial charge on any atom is -0.357 e. The summed E-state index contributed by atoms with van der Waals surface area (Å²) in [6, 6.07) is 15.1. The molecule has 2 aromatic heterocycles. The molecule has 0 aliphatic carbocycles. The zero-order valence-electron chi connectivity index (χ0n) is 19.0. The molecule has 1 saturated heterocycles. The van der Waals surface area contributed by atoms with Crippen LogP contribution in [0.2, 0.25) is 0 Å². The third kappa shape index (κ3) is 5.87. The molecule has 4 rings (SSSR count). The minimum absolute atomic E-state index is 0.401. The summed E-state index contributed by atoms with van der Waals surface area (Å²) in [7, 11) is 0. The molecule has 7 heteroatoms. The summed E-state index contributed by atoms with van der Waals surface area (Å²) in [5.74, 6) is 2.89. The van der Waals surface area contributed by atoms with Gasteiger partial charge in [0.25, 0.3) is 0 Å². The number of hydrogen-bond acceptors (Lipinski definition) is 4. The monoisotopic (exact) mass is 431 g/mol. The van der Waals surface area contributed by atoms with Crippen LogP contribution in [0.25, 0.3) is 0 Å². The number of imidazole rings is 1. The van der Waals surface area contributed by atoms with Gasteiger partial charge in [-0.25, -0.2) is 15.0 Å². The number of pyridine rings is 1. The van der Waals surface area contributed by atoms with Crippen LogP contribution >= 0.6 is 0 Å². The number of guanidine groups is 1. The van der Waals surface area contributed by atoms with Crippen LogP contribution < -0.4 is 15.5 Å². The zero-order chi connectivity index (χ0) is 22.2. The Morgan fingerprint density at radius 3 is 2.62 bits per heavy atom. The Labute approximate surface area is 190 Å². The van der Waals surface area contributed by atoms with Crippen molar-refractivity contribution in [1.29, 1.82) is 0 Å². The molecular formula is C25H33N7. The quantitative estimate of drug-likeness (QED) is 0.443. The molecule has 0 unspecified atom stereocenters. The maximum atomic E-state index is 4.82. The average Bonchev–Trinajstić information content (AvgIpc) is 3.26. The second kappa shape index (κ2) is 10.8. The molecule has 0 radical (unpaired) electrons. The summed E-state index contributed by atoms with van der Waals surface area (Å²) in [6.07, 6.45) is 7.93. The standard InChI is InChI=1S/C25H33N7/c1-3-26-25(29-18-24-27-13-16-32(24)19-21-7-5-4-6-8-21)30-22-11-14-31(15-12-22)23-10-9-20(2)17-28-23/h4-10,13,16-17,22H,3,11-12,14-15,18-19H2,1-2H3,(H2,26,29,30). The molecule has 0 bridgehead atoms. The van der Waals surface area contributed by atoms with Gasteiger partial charge in [-0.1, -0.05) is 36.4 Å². The first-order chi connectivity index (χ1) is 15.7. The number of piperidine rings is 1. The van der Waals surface area contributed by atoms with E-state index in [1.54, 1.807) is 0 Å². The molecule has 0 amide bonds. The Bertz CT molecular complexity index is 987. The third-order valence-corrected chi connectivity index (χ3v) is 5.78. The van der Waals surface area contributed by atoms with Crippen LogP contribution in [-0.2, 0) is 13.1 Å². The molecule has 7 nitrogen and oxygen atoms in total. The van der Waals surface area contributed by atoms with Crippen LogP contribution in [0.5, 0.6) is 0 Å². The summed E-state index contributed by atoms with van der Waals surface area (Å²) < 4.78 is 2.16. The van der Waals surface area contributed by atoms with E-state index in [9.17, 15) is 0 Å². The summed E-state index contributed by atoms with van der Waals surface area (Å²) in [5.41, 5.74) is 2.46. The maximum Gasteiger partial charge on any atom is 0.191 e. The lowest BCUT2D eigenvalue weighted by molar-refractivity contribution is 0.459. The van der Waals surface area contributed by atoms with E-state index < -0.39 is 0 Å². The lowest BCUT2D eigenvalue weighted by Gasteiger charge is -2.33. The smallest absolute Gasteiger partial charge is 0.191 e. The highest BCUT2D eigenvalue weighted by atomic mass is 15.2. The molecule has 168 valence electrons. The van der Waals surface area contributed by atoms with Gasteiger partial charge in [-0.05, 0) is 43.9 Å². The van der Waals surface area contributed by atoms with Crippen LogP contribution in [0, 0.1) is 6.92 Å². The van der Waals surface area contributed by atoms with Crippen molar-refractivity contribution in [2.24, 2.45) is 4.99 Å². The number of anilines is 1. The number of benzene rings is 1. The number of aryl methyl sites for hydroxylation is 1. The Morgan fingerprint density at radius 2 is 1.91 bits per heavy atom. The van der Waals surface area contributed by atoms with Gasteiger partial charge in [0.1, 0.15) is 18.2 Å². The van der Waals surface area contributed by atoms with Crippen LogP contribution in [-0.4, -0.2) is 46.2 Å². The van der Waals surface area contributed by atoms with Gasteiger partial charge in [0.15, 0.2) is 5.96 Å². The highest BCUT2D eigenvalue weighted by Crippen LogP contribution is 2.18. The van der Waals surface area contributed by atoms with Crippen LogP contribution in [0.15, 0.2) is 66.0 Å². The second-order valence-corrected chi connectivity index (χ2v) is 8.25. The highest BCUT2D eigenvalue weighted by Gasteiger charge is 2.21. The van der Waals surface area contributed by atoms with Crippen LogP contribution in [0.4, 0.5) is 5.82 Å². The molecule has 0 saturated carbocycles. The molecule has 1 aromatic carbocycles. The molecule has 3 aromatic rings. The fourth-order valence-electron chi connectivity index (χ4n) is 3.98. The van der Waals surface area contributed by atoms with E-state index in [4.69, 9.17) is 4.99 Å². The lowest BCUT2D eigenvalue weighted by atomic mass is 10.1. The van der Waals surface area contributed by atoms with E-state index in [2.05, 4.69) is 80.3 Å². The van der Waals surface area contributed by atoms with Crippen molar-refractivity contribution < 1.29 is 0 Å². The SMILES string of the molecule is CCNC(=NCc1nccn1Cc1ccccc1)NC1CCN(c2ccc(C)cn2)CC1. The predicted octanol–water partition coefficient (Wildman–Crippen LogP) is 3.36. The number of aliphatic imine (C=N–C) groups is 1. The molecule has 0 atom stereocenters. The Hall–Kier alpha value is -3.35. The van der Waals surface area contributed by atoms with E-state index in [1.807, 2.05) is 24.7 Å². The predicted molar refractivity (Wildman–Crippen MR) is 130 cm³/mol. The topological polar surface area (TPSA) is 70.4 Å². The van der Waals surface area contributed by atoms with Crippen molar-refractivity contribution in [1.82, 2.24) is 25.2 Å². The molecule has 1 aliphatic rings. The fraction of sp³-hybridized carbons (Fsp3) is 0.400. The van der Waals surface area contributed by atoms with Gasteiger partial charge < -0.3 is 20.1 Å². The molecule has 1 aliphatic heterocycles. The Kier molecular flexibility index (Phi) is 7.38. The number of aromatic nitrogens is 3. The van der Waals surface area contributed by atoms with Crippen molar-refractivity contribution >= 4 is 11.8 Å². The number of hydrogen-bond donors (Lipinski definition) is 2. The fourth-order valence-corrected chi connectivity index (χ4v) is 3.98. The molecule has 1 fully saturated rings. The van der Waals surface area contributed by atoms with Gasteiger partial charge in [-0.15, -0.1) is 0 Å². The lowest BCUT2D eigenvalue weighted by Crippen LogP contribution is -2.48. The van der Waals surface area contributed by atoms with E-state index in [1.165, 1.54) is 11.1 Å². The van der Waals surface area contributed by atoms with Crippen molar-refractivity contribution in [2.45, 2.75) is 45.8 Å². The molecule has 2 N–H and O–H groups in total.